The van der Waals surface area contributed by atoms with E-state index in [1.54, 1.807) is 11.8 Å². The zero-order valence-corrected chi connectivity index (χ0v) is 17.2. The number of hydrogen-bond donors (Lipinski definition) is 2. The second-order valence-corrected chi connectivity index (χ2v) is 7.86. The SMILES string of the molecule is COc1ccc(-n2nc3nc(NCC4CC4)nc(-c4ccc(Cl)cc4)c3c2N)cc1. The summed E-state index contributed by atoms with van der Waals surface area (Å²) in [6.07, 6.45) is 2.50. The molecule has 1 fully saturated rings. The Morgan fingerprint density at radius 3 is 2.50 bits per heavy atom. The Balaban J connectivity index is 1.65. The number of hydrogen-bond acceptors (Lipinski definition) is 6. The van der Waals surface area contributed by atoms with Gasteiger partial charge < -0.3 is 15.8 Å². The number of methoxy groups -OCH3 is 1. The predicted octanol–water partition coefficient (Wildman–Crippen LogP) is 4.55. The minimum Gasteiger partial charge on any atom is -0.497 e. The Hall–Kier alpha value is -3.32. The molecule has 1 aliphatic carbocycles. The van der Waals surface area contributed by atoms with Gasteiger partial charge in [-0.2, -0.15) is 4.98 Å². The first-order valence-electron chi connectivity index (χ1n) is 9.83. The Morgan fingerprint density at radius 2 is 1.83 bits per heavy atom. The van der Waals surface area contributed by atoms with E-state index in [1.165, 1.54) is 12.8 Å². The quantitative estimate of drug-likeness (QED) is 0.475. The van der Waals surface area contributed by atoms with Crippen LogP contribution in [0.15, 0.2) is 48.5 Å². The molecule has 8 heteroatoms. The molecule has 0 spiro atoms. The molecule has 0 aliphatic heterocycles. The minimum atomic E-state index is 0.480. The highest BCUT2D eigenvalue weighted by Crippen LogP contribution is 2.34. The van der Waals surface area contributed by atoms with Crippen molar-refractivity contribution in [3.63, 3.8) is 0 Å². The summed E-state index contributed by atoms with van der Waals surface area (Å²) in [4.78, 5) is 9.41. The van der Waals surface area contributed by atoms with E-state index < -0.39 is 0 Å². The number of anilines is 2. The van der Waals surface area contributed by atoms with Crippen LogP contribution < -0.4 is 15.8 Å². The molecule has 3 N–H and O–H groups in total. The first-order chi connectivity index (χ1) is 14.6. The van der Waals surface area contributed by atoms with Crippen molar-refractivity contribution in [3.05, 3.63) is 53.6 Å². The number of fused-ring (bicyclic) bond motifs is 1. The third kappa shape index (κ3) is 3.52. The average molecular weight is 421 g/mol. The summed E-state index contributed by atoms with van der Waals surface area (Å²) in [5, 5.41) is 9.41. The summed E-state index contributed by atoms with van der Waals surface area (Å²) < 4.78 is 6.93. The van der Waals surface area contributed by atoms with E-state index in [0.717, 1.165) is 29.2 Å². The molecule has 0 unspecified atom stereocenters. The lowest BCUT2D eigenvalue weighted by Gasteiger charge is -2.08. The van der Waals surface area contributed by atoms with E-state index in [1.807, 2.05) is 48.5 Å². The second kappa shape index (κ2) is 7.50. The fourth-order valence-corrected chi connectivity index (χ4v) is 3.51. The van der Waals surface area contributed by atoms with Gasteiger partial charge in [0.1, 0.15) is 11.6 Å². The number of nitrogen functional groups attached to an aromatic ring is 1. The maximum absolute atomic E-state index is 6.53. The van der Waals surface area contributed by atoms with Gasteiger partial charge in [-0.05, 0) is 55.2 Å². The lowest BCUT2D eigenvalue weighted by molar-refractivity contribution is 0.414. The van der Waals surface area contributed by atoms with Gasteiger partial charge in [0.2, 0.25) is 5.95 Å². The van der Waals surface area contributed by atoms with Gasteiger partial charge >= 0.3 is 0 Å². The second-order valence-electron chi connectivity index (χ2n) is 7.42. The fourth-order valence-electron chi connectivity index (χ4n) is 3.39. The van der Waals surface area contributed by atoms with Crippen molar-refractivity contribution in [3.8, 4) is 22.7 Å². The van der Waals surface area contributed by atoms with Crippen molar-refractivity contribution in [2.24, 2.45) is 5.92 Å². The van der Waals surface area contributed by atoms with Crippen LogP contribution in [0.25, 0.3) is 28.0 Å². The van der Waals surface area contributed by atoms with Crippen molar-refractivity contribution in [1.29, 1.82) is 0 Å². The number of rotatable bonds is 6. The molecule has 7 nitrogen and oxygen atoms in total. The van der Waals surface area contributed by atoms with E-state index in [4.69, 9.17) is 27.1 Å². The normalized spacial score (nSPS) is 13.5. The van der Waals surface area contributed by atoms with Crippen LogP contribution in [0, 0.1) is 5.92 Å². The molecule has 0 saturated heterocycles. The fraction of sp³-hybridized carbons (Fsp3) is 0.227. The number of nitrogens with zero attached hydrogens (tertiary/aromatic N) is 4. The molecule has 0 atom stereocenters. The van der Waals surface area contributed by atoms with E-state index >= 15 is 0 Å². The highest BCUT2D eigenvalue weighted by Gasteiger charge is 2.23. The third-order valence-corrected chi connectivity index (χ3v) is 5.50. The standard InChI is InChI=1S/C22H21ClN6O/c1-30-17-10-8-16(9-11-17)29-20(24)18-19(14-4-6-15(23)7-5-14)26-22(27-21(18)28-29)25-12-13-2-3-13/h4-11,13H,2-3,12,24H2,1H3,(H,25,27,28). The largest absolute Gasteiger partial charge is 0.497 e. The molecular formula is C22H21ClN6O. The molecule has 30 heavy (non-hydrogen) atoms. The van der Waals surface area contributed by atoms with Gasteiger partial charge in [-0.15, -0.1) is 5.10 Å². The number of benzene rings is 2. The highest BCUT2D eigenvalue weighted by molar-refractivity contribution is 6.30. The molecule has 0 amide bonds. The van der Waals surface area contributed by atoms with Crippen molar-refractivity contribution in [2.75, 3.05) is 24.7 Å². The Kier molecular flexibility index (Phi) is 4.67. The maximum atomic E-state index is 6.53. The van der Waals surface area contributed by atoms with Crippen molar-refractivity contribution >= 4 is 34.4 Å². The molecule has 2 heterocycles. The molecule has 1 aliphatic rings. The summed E-state index contributed by atoms with van der Waals surface area (Å²) in [7, 11) is 1.63. The van der Waals surface area contributed by atoms with Crippen LogP contribution >= 0.6 is 11.6 Å². The molecule has 2 aromatic carbocycles. The average Bonchev–Trinajstić information content (AvgIpc) is 3.55. The predicted molar refractivity (Wildman–Crippen MR) is 119 cm³/mol. The van der Waals surface area contributed by atoms with Crippen LogP contribution in [0.1, 0.15) is 12.8 Å². The summed E-state index contributed by atoms with van der Waals surface area (Å²) in [5.74, 6) is 2.50. The molecule has 1 saturated carbocycles. The van der Waals surface area contributed by atoms with Crippen LogP contribution in [0.5, 0.6) is 5.75 Å². The molecule has 0 bridgehead atoms. The van der Waals surface area contributed by atoms with E-state index in [9.17, 15) is 0 Å². The van der Waals surface area contributed by atoms with Gasteiger partial charge in [0.05, 0.1) is 23.9 Å². The molecule has 0 radical (unpaired) electrons. The first kappa shape index (κ1) is 18.7. The molecule has 152 valence electrons. The lowest BCUT2D eigenvalue weighted by Crippen LogP contribution is -2.07. The van der Waals surface area contributed by atoms with Crippen LogP contribution in [-0.2, 0) is 0 Å². The lowest BCUT2D eigenvalue weighted by atomic mass is 10.1. The van der Waals surface area contributed by atoms with Crippen LogP contribution in [0.3, 0.4) is 0 Å². The van der Waals surface area contributed by atoms with Gasteiger partial charge in [-0.25, -0.2) is 9.67 Å². The van der Waals surface area contributed by atoms with Gasteiger partial charge in [0.25, 0.3) is 0 Å². The van der Waals surface area contributed by atoms with Gasteiger partial charge in [0, 0.05) is 17.1 Å². The topological polar surface area (TPSA) is 90.9 Å². The number of halogens is 1. The maximum Gasteiger partial charge on any atom is 0.225 e. The summed E-state index contributed by atoms with van der Waals surface area (Å²) >= 11 is 6.08. The Bertz CT molecular complexity index is 1200. The van der Waals surface area contributed by atoms with E-state index in [0.29, 0.717) is 33.7 Å². The Morgan fingerprint density at radius 1 is 1.10 bits per heavy atom. The summed E-state index contributed by atoms with van der Waals surface area (Å²) in [5.41, 5.74) is 9.53. The highest BCUT2D eigenvalue weighted by atomic mass is 35.5. The van der Waals surface area contributed by atoms with Crippen molar-refractivity contribution < 1.29 is 4.74 Å². The summed E-state index contributed by atoms with van der Waals surface area (Å²) in [6.45, 7) is 0.861. The van der Waals surface area contributed by atoms with E-state index in [2.05, 4.69) is 15.4 Å². The van der Waals surface area contributed by atoms with Gasteiger partial charge in [-0.1, -0.05) is 23.7 Å². The van der Waals surface area contributed by atoms with Gasteiger partial charge in [0.15, 0.2) is 5.65 Å². The molecule has 5 rings (SSSR count). The molecule has 2 aromatic heterocycles. The monoisotopic (exact) mass is 420 g/mol. The summed E-state index contributed by atoms with van der Waals surface area (Å²) in [6, 6.07) is 15.1. The zero-order chi connectivity index (χ0) is 20.7. The smallest absolute Gasteiger partial charge is 0.225 e. The first-order valence-corrected chi connectivity index (χ1v) is 10.2. The van der Waals surface area contributed by atoms with E-state index in [-0.39, 0.29) is 0 Å². The number of aromatic nitrogens is 4. The number of nitrogens with two attached hydrogens (primary N) is 1. The van der Waals surface area contributed by atoms with Crippen LogP contribution in [0.4, 0.5) is 11.8 Å². The number of ether oxygens (including phenoxy) is 1. The van der Waals surface area contributed by atoms with Crippen LogP contribution in [-0.4, -0.2) is 33.4 Å². The van der Waals surface area contributed by atoms with Gasteiger partial charge in [-0.3, -0.25) is 0 Å². The zero-order valence-electron chi connectivity index (χ0n) is 16.5. The number of nitrogens with one attached hydrogen (secondary N) is 1. The van der Waals surface area contributed by atoms with Crippen molar-refractivity contribution in [2.45, 2.75) is 12.8 Å². The van der Waals surface area contributed by atoms with Crippen molar-refractivity contribution in [1.82, 2.24) is 19.7 Å². The minimum absolute atomic E-state index is 0.480. The third-order valence-electron chi connectivity index (χ3n) is 5.25. The molecule has 4 aromatic rings. The Labute approximate surface area is 178 Å². The molecular weight excluding hydrogens is 400 g/mol. The van der Waals surface area contributed by atoms with Crippen LogP contribution in [0.2, 0.25) is 5.02 Å².